The molecule has 1 aliphatic rings. The van der Waals surface area contributed by atoms with Crippen molar-refractivity contribution in [3.63, 3.8) is 0 Å². The van der Waals surface area contributed by atoms with E-state index in [0.717, 1.165) is 30.4 Å². The maximum absolute atomic E-state index is 13.6. The first-order chi connectivity index (χ1) is 21.9. The number of unbranched alkanes of at least 4 members (excludes halogenated alkanes) is 12. The lowest BCUT2D eigenvalue weighted by atomic mass is 9.73. The van der Waals surface area contributed by atoms with Crippen LogP contribution in [0.3, 0.4) is 0 Å². The van der Waals surface area contributed by atoms with E-state index in [1.807, 2.05) is 12.1 Å². The Morgan fingerprint density at radius 1 is 0.844 bits per heavy atom. The molecule has 2 rings (SSSR count). The number of aliphatic imine (C=N–C) groups is 1. The maximum Gasteiger partial charge on any atom is 0.336 e. The fourth-order valence-corrected chi connectivity index (χ4v) is 6.27. The van der Waals surface area contributed by atoms with Gasteiger partial charge in [0.25, 0.3) is 0 Å². The molecule has 0 spiro atoms. The van der Waals surface area contributed by atoms with Crippen molar-refractivity contribution in [1.29, 1.82) is 0 Å². The monoisotopic (exact) mass is 628 g/mol. The zero-order chi connectivity index (χ0) is 32.9. The molecule has 2 unspecified atom stereocenters. The quantitative estimate of drug-likeness (QED) is 0.0917. The van der Waals surface area contributed by atoms with E-state index in [2.05, 4.69) is 13.0 Å². The van der Waals surface area contributed by atoms with E-state index >= 15 is 0 Å². The molecule has 0 aromatic heterocycles. The number of benzene rings is 1. The van der Waals surface area contributed by atoms with Gasteiger partial charge in [-0.05, 0) is 45.2 Å². The average Bonchev–Trinajstić information content (AvgIpc) is 3.03. The Balaban J connectivity index is 2.26. The number of aryl methyl sites for hydroxylation is 1. The van der Waals surface area contributed by atoms with Gasteiger partial charge in [0.15, 0.2) is 0 Å². The molecule has 0 saturated heterocycles. The highest BCUT2D eigenvalue weighted by atomic mass is 16.5. The van der Waals surface area contributed by atoms with E-state index in [0.29, 0.717) is 35.9 Å². The molecule has 0 bridgehead atoms. The number of carbonyl (C=O) groups excluding carboxylic acids is 2. The number of hydrogen-bond donors (Lipinski definition) is 1. The molecular formula is C37H60N2O6. The third-order valence-corrected chi connectivity index (χ3v) is 8.49. The first-order valence-corrected chi connectivity index (χ1v) is 17.5. The Morgan fingerprint density at radius 3 is 2.00 bits per heavy atom. The van der Waals surface area contributed by atoms with E-state index in [1.165, 1.54) is 70.6 Å². The minimum Gasteiger partial charge on any atom is -0.496 e. The summed E-state index contributed by atoms with van der Waals surface area (Å²) < 4.78 is 22.7. The molecule has 8 nitrogen and oxygen atoms in total. The van der Waals surface area contributed by atoms with Gasteiger partial charge in [-0.15, -0.1) is 0 Å². The number of nitrogens with two attached hydrogens (primary N) is 1. The van der Waals surface area contributed by atoms with Crippen LogP contribution in [0.5, 0.6) is 5.75 Å². The molecule has 0 saturated carbocycles. The molecule has 0 radical (unpaired) electrons. The third kappa shape index (κ3) is 12.5. The number of esters is 2. The number of hydrogen-bond acceptors (Lipinski definition) is 8. The summed E-state index contributed by atoms with van der Waals surface area (Å²) in [5.74, 6) is -1.81. The highest BCUT2D eigenvalue weighted by Gasteiger charge is 2.45. The SMILES string of the molecule is CCCCCCCCCCCCCCCc1cccc(OC)c1C1C(C(=O)OCC)=C(COCCN)N=C(C)C1C(=O)OCC. The van der Waals surface area contributed by atoms with Gasteiger partial charge in [-0.25, -0.2) is 4.79 Å². The summed E-state index contributed by atoms with van der Waals surface area (Å²) in [6.45, 7) is 8.77. The number of methoxy groups -OCH3 is 1. The Labute approximate surface area is 272 Å². The van der Waals surface area contributed by atoms with Crippen LogP contribution in [0, 0.1) is 5.92 Å². The zero-order valence-corrected chi connectivity index (χ0v) is 28.8. The van der Waals surface area contributed by atoms with E-state index in [4.69, 9.17) is 29.7 Å². The zero-order valence-electron chi connectivity index (χ0n) is 28.8. The van der Waals surface area contributed by atoms with Crippen LogP contribution in [0.4, 0.5) is 0 Å². The van der Waals surface area contributed by atoms with Gasteiger partial charge in [0.05, 0.1) is 44.8 Å². The Morgan fingerprint density at radius 2 is 1.44 bits per heavy atom. The lowest BCUT2D eigenvalue weighted by Crippen LogP contribution is -2.38. The van der Waals surface area contributed by atoms with Gasteiger partial charge < -0.3 is 24.7 Å². The van der Waals surface area contributed by atoms with Crippen LogP contribution >= 0.6 is 0 Å². The van der Waals surface area contributed by atoms with Gasteiger partial charge >= 0.3 is 11.9 Å². The van der Waals surface area contributed by atoms with E-state index in [9.17, 15) is 9.59 Å². The molecule has 0 amide bonds. The normalized spacial score (nSPS) is 16.4. The van der Waals surface area contributed by atoms with Crippen molar-refractivity contribution in [1.82, 2.24) is 0 Å². The molecular weight excluding hydrogens is 568 g/mol. The minimum absolute atomic E-state index is 0.0814. The van der Waals surface area contributed by atoms with Crippen molar-refractivity contribution in [3.05, 3.63) is 40.6 Å². The van der Waals surface area contributed by atoms with E-state index < -0.39 is 23.8 Å². The molecule has 1 aliphatic heterocycles. The second kappa shape index (κ2) is 22.7. The minimum atomic E-state index is -0.802. The van der Waals surface area contributed by atoms with Crippen LogP contribution < -0.4 is 10.5 Å². The molecule has 45 heavy (non-hydrogen) atoms. The van der Waals surface area contributed by atoms with Crippen molar-refractivity contribution >= 4 is 17.7 Å². The molecule has 2 N–H and O–H groups in total. The molecule has 1 aromatic rings. The lowest BCUT2D eigenvalue weighted by Gasteiger charge is -2.34. The number of nitrogens with zero attached hydrogens (tertiary/aromatic N) is 1. The van der Waals surface area contributed by atoms with Crippen molar-refractivity contribution < 1.29 is 28.5 Å². The first kappa shape index (κ1) is 38.5. The maximum atomic E-state index is 13.6. The Kier molecular flexibility index (Phi) is 19.4. The van der Waals surface area contributed by atoms with Gasteiger partial charge in [0.2, 0.25) is 0 Å². The van der Waals surface area contributed by atoms with Gasteiger partial charge in [-0.2, -0.15) is 0 Å². The van der Waals surface area contributed by atoms with Gasteiger partial charge in [-0.1, -0.05) is 96.1 Å². The fourth-order valence-electron chi connectivity index (χ4n) is 6.27. The van der Waals surface area contributed by atoms with E-state index in [-0.39, 0.29) is 19.8 Å². The van der Waals surface area contributed by atoms with Crippen molar-refractivity contribution in [3.8, 4) is 5.75 Å². The van der Waals surface area contributed by atoms with Crippen LogP contribution in [-0.2, 0) is 30.2 Å². The fraction of sp³-hybridized carbons (Fsp3) is 0.703. The van der Waals surface area contributed by atoms with Gasteiger partial charge in [0, 0.05) is 23.7 Å². The molecule has 8 heteroatoms. The standard InChI is InChI=1S/C37H60N2O6/c1-6-9-10-11-12-13-14-15-16-17-18-19-20-22-29-23-21-24-31(42-5)33(29)35-32(36(40)44-7-2)28(4)39-30(27-43-26-25-38)34(35)37(41)45-8-3/h21,23-24,32,35H,6-20,22,25-27,38H2,1-5H3. The topological polar surface area (TPSA) is 109 Å². The predicted molar refractivity (Wildman–Crippen MR) is 182 cm³/mol. The summed E-state index contributed by atoms with van der Waals surface area (Å²) in [6, 6.07) is 5.94. The second-order valence-electron chi connectivity index (χ2n) is 11.9. The van der Waals surface area contributed by atoms with Crippen molar-refractivity contribution in [2.45, 2.75) is 124 Å². The number of ether oxygens (including phenoxy) is 4. The van der Waals surface area contributed by atoms with Crippen LogP contribution in [0.15, 0.2) is 34.5 Å². The summed E-state index contributed by atoms with van der Waals surface area (Å²) in [5.41, 5.74) is 8.85. The lowest BCUT2D eigenvalue weighted by molar-refractivity contribution is -0.146. The van der Waals surface area contributed by atoms with Crippen LogP contribution in [0.25, 0.3) is 0 Å². The number of rotatable bonds is 24. The summed E-state index contributed by atoms with van der Waals surface area (Å²) in [4.78, 5) is 31.9. The highest BCUT2D eigenvalue weighted by molar-refractivity contribution is 6.07. The molecule has 0 aliphatic carbocycles. The van der Waals surface area contributed by atoms with Gasteiger partial charge in [-0.3, -0.25) is 9.79 Å². The van der Waals surface area contributed by atoms with Crippen molar-refractivity contribution in [2.75, 3.05) is 40.1 Å². The van der Waals surface area contributed by atoms with Gasteiger partial charge in [0.1, 0.15) is 11.7 Å². The predicted octanol–water partition coefficient (Wildman–Crippen LogP) is 7.86. The van der Waals surface area contributed by atoms with Crippen molar-refractivity contribution in [2.24, 2.45) is 16.6 Å². The molecule has 254 valence electrons. The first-order valence-electron chi connectivity index (χ1n) is 17.5. The second-order valence-corrected chi connectivity index (χ2v) is 11.9. The largest absolute Gasteiger partial charge is 0.496 e. The molecule has 1 aromatic carbocycles. The summed E-state index contributed by atoms with van der Waals surface area (Å²) >= 11 is 0. The summed E-state index contributed by atoms with van der Waals surface area (Å²) in [6.07, 6.45) is 17.5. The van der Waals surface area contributed by atoms with E-state index in [1.54, 1.807) is 27.9 Å². The molecule has 1 heterocycles. The summed E-state index contributed by atoms with van der Waals surface area (Å²) in [5, 5.41) is 0. The van der Waals surface area contributed by atoms with Crippen LogP contribution in [0.2, 0.25) is 0 Å². The van der Waals surface area contributed by atoms with Crippen LogP contribution in [0.1, 0.15) is 128 Å². The molecule has 0 fully saturated rings. The third-order valence-electron chi connectivity index (χ3n) is 8.49. The Bertz CT molecular complexity index is 1080. The highest BCUT2D eigenvalue weighted by Crippen LogP contribution is 2.45. The Hall–Kier alpha value is -2.71. The smallest absolute Gasteiger partial charge is 0.336 e. The summed E-state index contributed by atoms with van der Waals surface area (Å²) in [7, 11) is 1.62. The molecule has 2 atom stereocenters. The van der Waals surface area contributed by atoms with Crippen LogP contribution in [-0.4, -0.2) is 57.7 Å². The average molecular weight is 629 g/mol. The number of carbonyl (C=O) groups is 2.